The molecule has 1 aliphatic carbocycles. The molecule has 0 bridgehead atoms. The Labute approximate surface area is 129 Å². The van der Waals surface area contributed by atoms with Gasteiger partial charge in [0.1, 0.15) is 11.3 Å². The van der Waals surface area contributed by atoms with Gasteiger partial charge in [0.15, 0.2) is 11.9 Å². The van der Waals surface area contributed by atoms with E-state index < -0.39 is 12.1 Å². The number of ketones is 1. The van der Waals surface area contributed by atoms with Crippen LogP contribution in [0.1, 0.15) is 36.0 Å². The minimum absolute atomic E-state index is 0.0133. The van der Waals surface area contributed by atoms with Crippen molar-refractivity contribution in [3.05, 3.63) is 42.0 Å². The van der Waals surface area contributed by atoms with Crippen molar-refractivity contribution in [1.82, 2.24) is 0 Å². The summed E-state index contributed by atoms with van der Waals surface area (Å²) in [6.07, 6.45) is 2.29. The van der Waals surface area contributed by atoms with E-state index in [1.54, 1.807) is 6.07 Å². The van der Waals surface area contributed by atoms with Crippen molar-refractivity contribution in [2.75, 3.05) is 7.11 Å². The summed E-state index contributed by atoms with van der Waals surface area (Å²) in [5.41, 5.74) is 0.361. The number of rotatable bonds is 3. The molecule has 0 aliphatic heterocycles. The fraction of sp³-hybridized carbons (Fsp3) is 0.333. The maximum Gasteiger partial charge on any atom is 0.342 e. The zero-order valence-corrected chi connectivity index (χ0v) is 12.5. The average Bonchev–Trinajstić information content (AvgIpc) is 2.55. The molecule has 2 aromatic rings. The van der Waals surface area contributed by atoms with Gasteiger partial charge in [-0.25, -0.2) is 4.79 Å². The quantitative estimate of drug-likeness (QED) is 0.814. The summed E-state index contributed by atoms with van der Waals surface area (Å²) in [4.78, 5) is 24.2. The van der Waals surface area contributed by atoms with E-state index >= 15 is 0 Å². The van der Waals surface area contributed by atoms with E-state index in [1.165, 1.54) is 7.11 Å². The smallest absolute Gasteiger partial charge is 0.342 e. The molecule has 0 saturated heterocycles. The Morgan fingerprint density at radius 2 is 1.86 bits per heavy atom. The Morgan fingerprint density at radius 1 is 1.14 bits per heavy atom. The van der Waals surface area contributed by atoms with Crippen molar-refractivity contribution < 1.29 is 19.1 Å². The molecular formula is C18H18O4. The standard InChI is InChI=1S/C18H18O4/c1-21-17-11-13-7-3-2-6-12(13)10-14(17)18(20)22-16-9-5-4-8-15(16)19/h2-3,6-7,10-11,16H,4-5,8-9H2,1H3. The van der Waals surface area contributed by atoms with Crippen LogP contribution in [0.3, 0.4) is 0 Å². The summed E-state index contributed by atoms with van der Waals surface area (Å²) in [6.45, 7) is 0. The number of hydrogen-bond acceptors (Lipinski definition) is 4. The third kappa shape index (κ3) is 2.82. The van der Waals surface area contributed by atoms with Crippen molar-refractivity contribution in [3.63, 3.8) is 0 Å². The van der Waals surface area contributed by atoms with Crippen molar-refractivity contribution in [3.8, 4) is 5.75 Å². The lowest BCUT2D eigenvalue weighted by Crippen LogP contribution is -2.30. The zero-order valence-electron chi connectivity index (χ0n) is 12.5. The Balaban J connectivity index is 1.90. The minimum Gasteiger partial charge on any atom is -0.496 e. The molecule has 1 atom stereocenters. The third-order valence-electron chi connectivity index (χ3n) is 4.04. The molecule has 0 amide bonds. The molecule has 0 aromatic heterocycles. The van der Waals surface area contributed by atoms with Crippen LogP contribution in [0.5, 0.6) is 5.75 Å². The average molecular weight is 298 g/mol. The van der Waals surface area contributed by atoms with Gasteiger partial charge in [0.2, 0.25) is 0 Å². The normalized spacial score (nSPS) is 18.2. The molecule has 1 unspecified atom stereocenters. The van der Waals surface area contributed by atoms with Gasteiger partial charge in [0.05, 0.1) is 7.11 Å². The lowest BCUT2D eigenvalue weighted by Gasteiger charge is -2.21. The number of benzene rings is 2. The number of esters is 1. The molecule has 4 heteroatoms. The maximum atomic E-state index is 12.4. The van der Waals surface area contributed by atoms with E-state index in [9.17, 15) is 9.59 Å². The molecule has 114 valence electrons. The molecule has 0 N–H and O–H groups in total. The number of Topliss-reactive ketones (excluding diaryl/α,β-unsaturated/α-hetero) is 1. The molecule has 0 spiro atoms. The van der Waals surface area contributed by atoms with Crippen LogP contribution in [-0.2, 0) is 9.53 Å². The van der Waals surface area contributed by atoms with Crippen LogP contribution in [0, 0.1) is 0 Å². The lowest BCUT2D eigenvalue weighted by molar-refractivity contribution is -0.129. The highest BCUT2D eigenvalue weighted by atomic mass is 16.5. The van der Waals surface area contributed by atoms with E-state index in [1.807, 2.05) is 30.3 Å². The predicted molar refractivity (Wildman–Crippen MR) is 83.2 cm³/mol. The van der Waals surface area contributed by atoms with Crippen LogP contribution in [0.15, 0.2) is 36.4 Å². The first-order valence-corrected chi connectivity index (χ1v) is 7.49. The summed E-state index contributed by atoms with van der Waals surface area (Å²) < 4.78 is 10.7. The van der Waals surface area contributed by atoms with E-state index in [-0.39, 0.29) is 5.78 Å². The molecule has 3 rings (SSSR count). The first-order chi connectivity index (χ1) is 10.7. The van der Waals surface area contributed by atoms with E-state index in [2.05, 4.69) is 0 Å². The van der Waals surface area contributed by atoms with Gasteiger partial charge in [0.25, 0.3) is 0 Å². The fourth-order valence-corrected chi connectivity index (χ4v) is 2.82. The summed E-state index contributed by atoms with van der Waals surface area (Å²) in [5, 5.41) is 1.93. The van der Waals surface area contributed by atoms with Gasteiger partial charge in [-0.15, -0.1) is 0 Å². The summed E-state index contributed by atoms with van der Waals surface area (Å²) in [6, 6.07) is 11.3. The summed E-state index contributed by atoms with van der Waals surface area (Å²) in [5.74, 6) is -0.0193. The van der Waals surface area contributed by atoms with Crippen LogP contribution in [0.25, 0.3) is 10.8 Å². The number of ether oxygens (including phenoxy) is 2. The van der Waals surface area contributed by atoms with Gasteiger partial charge in [-0.05, 0) is 42.2 Å². The van der Waals surface area contributed by atoms with Gasteiger partial charge >= 0.3 is 5.97 Å². The lowest BCUT2D eigenvalue weighted by atomic mass is 9.96. The van der Waals surface area contributed by atoms with Crippen LogP contribution in [0.4, 0.5) is 0 Å². The second-order valence-electron chi connectivity index (χ2n) is 5.51. The zero-order chi connectivity index (χ0) is 15.5. The molecule has 1 saturated carbocycles. The largest absolute Gasteiger partial charge is 0.496 e. The fourth-order valence-electron chi connectivity index (χ4n) is 2.82. The summed E-state index contributed by atoms with van der Waals surface area (Å²) >= 11 is 0. The van der Waals surface area contributed by atoms with Gasteiger partial charge in [0, 0.05) is 6.42 Å². The van der Waals surface area contributed by atoms with Crippen molar-refractivity contribution >= 4 is 22.5 Å². The van der Waals surface area contributed by atoms with Crippen molar-refractivity contribution in [2.24, 2.45) is 0 Å². The van der Waals surface area contributed by atoms with Crippen molar-refractivity contribution in [2.45, 2.75) is 31.8 Å². The molecule has 1 fully saturated rings. The van der Waals surface area contributed by atoms with Crippen LogP contribution in [-0.4, -0.2) is 25.0 Å². The van der Waals surface area contributed by atoms with Crippen LogP contribution >= 0.6 is 0 Å². The number of carbonyl (C=O) groups excluding carboxylic acids is 2. The number of fused-ring (bicyclic) bond motifs is 1. The molecule has 0 radical (unpaired) electrons. The van der Waals surface area contributed by atoms with Crippen LogP contribution in [0.2, 0.25) is 0 Å². The Hall–Kier alpha value is -2.36. The minimum atomic E-state index is -0.613. The second kappa shape index (κ2) is 6.18. The first kappa shape index (κ1) is 14.6. The predicted octanol–water partition coefficient (Wildman–Crippen LogP) is 3.52. The Kier molecular flexibility index (Phi) is 4.09. The Bertz CT molecular complexity index is 720. The van der Waals surface area contributed by atoms with E-state index in [4.69, 9.17) is 9.47 Å². The summed E-state index contributed by atoms with van der Waals surface area (Å²) in [7, 11) is 1.52. The van der Waals surface area contributed by atoms with Crippen molar-refractivity contribution in [1.29, 1.82) is 0 Å². The molecular weight excluding hydrogens is 280 g/mol. The van der Waals surface area contributed by atoms with E-state index in [0.29, 0.717) is 24.2 Å². The molecule has 1 aliphatic rings. The number of carbonyl (C=O) groups is 2. The van der Waals surface area contributed by atoms with E-state index in [0.717, 1.165) is 23.6 Å². The highest BCUT2D eigenvalue weighted by Gasteiger charge is 2.27. The van der Waals surface area contributed by atoms with Gasteiger partial charge in [-0.2, -0.15) is 0 Å². The second-order valence-corrected chi connectivity index (χ2v) is 5.51. The number of hydrogen-bond donors (Lipinski definition) is 0. The van der Waals surface area contributed by atoms with Crippen LogP contribution < -0.4 is 4.74 Å². The van der Waals surface area contributed by atoms with Gasteiger partial charge < -0.3 is 9.47 Å². The highest BCUT2D eigenvalue weighted by Crippen LogP contribution is 2.28. The SMILES string of the molecule is COc1cc2ccccc2cc1C(=O)OC1CCCCC1=O. The maximum absolute atomic E-state index is 12.4. The topological polar surface area (TPSA) is 52.6 Å². The molecule has 4 nitrogen and oxygen atoms in total. The third-order valence-corrected chi connectivity index (χ3v) is 4.04. The molecule has 2 aromatic carbocycles. The van der Waals surface area contributed by atoms with Gasteiger partial charge in [-0.1, -0.05) is 24.3 Å². The van der Waals surface area contributed by atoms with Gasteiger partial charge in [-0.3, -0.25) is 4.79 Å². The number of methoxy groups -OCH3 is 1. The molecule has 22 heavy (non-hydrogen) atoms. The monoisotopic (exact) mass is 298 g/mol. The molecule has 0 heterocycles. The first-order valence-electron chi connectivity index (χ1n) is 7.49. The highest BCUT2D eigenvalue weighted by molar-refractivity contribution is 6.00. The Morgan fingerprint density at radius 3 is 2.55 bits per heavy atom.